The number of aliphatic hydroxyl groups is 1. The Morgan fingerprint density at radius 2 is 1.97 bits per heavy atom. The molecule has 1 atom stereocenters. The van der Waals surface area contributed by atoms with E-state index < -0.39 is 28.9 Å². The molecular formula is C22H25F2N5O4S. The molecule has 1 aliphatic rings. The van der Waals surface area contributed by atoms with Crippen LogP contribution in [0.25, 0.3) is 0 Å². The second-order valence-corrected chi connectivity index (χ2v) is 9.89. The first kappa shape index (κ1) is 24.0. The average Bonchev–Trinajstić information content (AvgIpc) is 3.48. The molecule has 1 aromatic carbocycles. The molecule has 9 nitrogen and oxygen atoms in total. The molecule has 1 amide bonds. The van der Waals surface area contributed by atoms with Gasteiger partial charge in [-0.2, -0.15) is 22.7 Å². The third-order valence-corrected chi connectivity index (χ3v) is 7.69. The number of nitrogens with zero attached hydrogens (tertiary/aromatic N) is 5. The molecule has 0 unspecified atom stereocenters. The molecule has 0 aliphatic carbocycles. The third-order valence-electron chi connectivity index (χ3n) is 6.06. The normalized spacial score (nSPS) is 14.6. The van der Waals surface area contributed by atoms with Crippen LogP contribution in [0.3, 0.4) is 0 Å². The summed E-state index contributed by atoms with van der Waals surface area (Å²) < 4.78 is 53.2. The van der Waals surface area contributed by atoms with Crippen molar-refractivity contribution in [2.24, 2.45) is 0 Å². The lowest BCUT2D eigenvalue weighted by atomic mass is 9.92. The lowest BCUT2D eigenvalue weighted by Crippen LogP contribution is -2.33. The van der Waals surface area contributed by atoms with Gasteiger partial charge in [-0.3, -0.25) is 9.48 Å². The lowest BCUT2D eigenvalue weighted by Gasteiger charge is -2.23. The third kappa shape index (κ3) is 4.23. The van der Waals surface area contributed by atoms with Crippen LogP contribution < -0.4 is 0 Å². The Kier molecular flexibility index (Phi) is 6.54. The van der Waals surface area contributed by atoms with E-state index >= 15 is 0 Å². The molecule has 0 saturated heterocycles. The summed E-state index contributed by atoms with van der Waals surface area (Å²) in [6, 6.07) is 7.46. The Bertz CT molecular complexity index is 1300. The van der Waals surface area contributed by atoms with Crippen molar-refractivity contribution >= 4 is 15.9 Å². The minimum absolute atomic E-state index is 0.0909. The molecule has 4 rings (SSSR count). The van der Waals surface area contributed by atoms with E-state index in [9.17, 15) is 27.1 Å². The largest absolute Gasteiger partial charge is 0.395 e. The summed E-state index contributed by atoms with van der Waals surface area (Å²) >= 11 is 0. The molecule has 2 aromatic heterocycles. The highest BCUT2D eigenvalue weighted by Gasteiger charge is 2.34. The Labute approximate surface area is 195 Å². The molecule has 1 N–H and O–H groups in total. The minimum atomic E-state index is -4.14. The van der Waals surface area contributed by atoms with Gasteiger partial charge in [0.2, 0.25) is 5.91 Å². The number of aliphatic hydroxyl groups excluding tert-OH is 1. The predicted molar refractivity (Wildman–Crippen MR) is 118 cm³/mol. The molecule has 0 fully saturated rings. The first-order valence-electron chi connectivity index (χ1n) is 10.8. The maximum absolute atomic E-state index is 13.2. The summed E-state index contributed by atoms with van der Waals surface area (Å²) in [6.45, 7) is 2.58. The quantitative estimate of drug-likeness (QED) is 0.515. The maximum atomic E-state index is 13.2. The van der Waals surface area contributed by atoms with E-state index in [2.05, 4.69) is 10.2 Å². The van der Waals surface area contributed by atoms with Crippen LogP contribution >= 0.6 is 0 Å². The number of carbonyl (C=O) groups excluding carboxylic acids is 1. The number of alkyl halides is 2. The zero-order chi connectivity index (χ0) is 24.6. The van der Waals surface area contributed by atoms with E-state index in [0.29, 0.717) is 11.3 Å². The molecule has 0 bridgehead atoms. The second kappa shape index (κ2) is 9.26. The number of aromatic nitrogens is 4. The van der Waals surface area contributed by atoms with Crippen molar-refractivity contribution in [3.8, 4) is 0 Å². The van der Waals surface area contributed by atoms with Crippen LogP contribution in [0.15, 0.2) is 41.6 Å². The predicted octanol–water partition coefficient (Wildman–Crippen LogP) is 2.07. The van der Waals surface area contributed by atoms with Crippen molar-refractivity contribution in [1.82, 2.24) is 23.9 Å². The standard InChI is InChI=1S/C22H25F2N5O4S/c1-3-15-6-4-5-7-17(15)18(13-30)22(31)27-9-16-10-29(26-19(16)11-27)34(32,33)20-8-25-28(14(20)2)12-21(23)24/h4-8,10,18,21,30H,3,9,11-13H2,1-2H3/t18-/m1/s1. The van der Waals surface area contributed by atoms with E-state index in [-0.39, 0.29) is 36.2 Å². The van der Waals surface area contributed by atoms with Gasteiger partial charge in [-0.25, -0.2) is 8.78 Å². The van der Waals surface area contributed by atoms with Crippen LogP contribution in [0.4, 0.5) is 8.78 Å². The second-order valence-electron chi connectivity index (χ2n) is 8.13. The molecule has 0 radical (unpaired) electrons. The number of hydrogen-bond donors (Lipinski definition) is 1. The topological polar surface area (TPSA) is 110 Å². The summed E-state index contributed by atoms with van der Waals surface area (Å²) in [4.78, 5) is 14.5. The van der Waals surface area contributed by atoms with Gasteiger partial charge >= 0.3 is 0 Å². The van der Waals surface area contributed by atoms with Gasteiger partial charge in [-0.1, -0.05) is 31.2 Å². The number of hydrogen-bond acceptors (Lipinski definition) is 6. The highest BCUT2D eigenvalue weighted by atomic mass is 32.2. The SMILES string of the molecule is CCc1ccccc1[C@@H](CO)C(=O)N1Cc2cn(S(=O)(=O)c3cnn(CC(F)F)c3C)nc2C1. The van der Waals surface area contributed by atoms with Crippen molar-refractivity contribution < 1.29 is 27.1 Å². The van der Waals surface area contributed by atoms with Gasteiger partial charge < -0.3 is 10.0 Å². The van der Waals surface area contributed by atoms with Crippen molar-refractivity contribution in [3.05, 3.63) is 64.7 Å². The zero-order valence-corrected chi connectivity index (χ0v) is 19.5. The molecule has 34 heavy (non-hydrogen) atoms. The average molecular weight is 494 g/mol. The molecule has 3 aromatic rings. The van der Waals surface area contributed by atoms with Gasteiger partial charge in [0.05, 0.1) is 36.7 Å². The van der Waals surface area contributed by atoms with Crippen molar-refractivity contribution in [3.63, 3.8) is 0 Å². The van der Waals surface area contributed by atoms with Gasteiger partial charge in [0, 0.05) is 18.3 Å². The van der Waals surface area contributed by atoms with Crippen molar-refractivity contribution in [2.75, 3.05) is 6.61 Å². The van der Waals surface area contributed by atoms with Gasteiger partial charge in [-0.15, -0.1) is 0 Å². The summed E-state index contributed by atoms with van der Waals surface area (Å²) in [6.07, 6.45) is 0.415. The van der Waals surface area contributed by atoms with Crippen molar-refractivity contribution in [2.45, 2.75) is 57.1 Å². The Hall–Kier alpha value is -3.12. The summed E-state index contributed by atoms with van der Waals surface area (Å²) in [5, 5.41) is 17.9. The summed E-state index contributed by atoms with van der Waals surface area (Å²) in [7, 11) is -4.14. The number of carbonyl (C=O) groups is 1. The number of halogens is 2. The molecule has 3 heterocycles. The van der Waals surface area contributed by atoms with E-state index in [1.807, 2.05) is 31.2 Å². The van der Waals surface area contributed by atoms with E-state index in [4.69, 9.17) is 0 Å². The van der Waals surface area contributed by atoms with E-state index in [0.717, 1.165) is 32.5 Å². The maximum Gasteiger partial charge on any atom is 0.286 e. The number of aryl methyl sites for hydroxylation is 1. The molecular weight excluding hydrogens is 468 g/mol. The highest BCUT2D eigenvalue weighted by Crippen LogP contribution is 2.29. The number of amides is 1. The molecule has 182 valence electrons. The molecule has 0 saturated carbocycles. The van der Waals surface area contributed by atoms with Crippen LogP contribution in [0, 0.1) is 6.92 Å². The summed E-state index contributed by atoms with van der Waals surface area (Å²) in [5.41, 5.74) is 2.83. The van der Waals surface area contributed by atoms with Crippen LogP contribution in [0.1, 0.15) is 40.9 Å². The van der Waals surface area contributed by atoms with Gasteiger partial charge in [0.1, 0.15) is 11.4 Å². The van der Waals surface area contributed by atoms with Crippen LogP contribution in [-0.4, -0.2) is 56.3 Å². The van der Waals surface area contributed by atoms with Gasteiger partial charge in [0.25, 0.3) is 16.4 Å². The number of rotatable bonds is 8. The van der Waals surface area contributed by atoms with Gasteiger partial charge in [-0.05, 0) is 24.5 Å². The van der Waals surface area contributed by atoms with Crippen LogP contribution in [-0.2, 0) is 40.9 Å². The molecule has 12 heteroatoms. The van der Waals surface area contributed by atoms with Crippen LogP contribution in [0.5, 0.6) is 0 Å². The number of fused-ring (bicyclic) bond motifs is 1. The first-order chi connectivity index (χ1) is 16.2. The van der Waals surface area contributed by atoms with Crippen LogP contribution in [0.2, 0.25) is 0 Å². The Morgan fingerprint density at radius 3 is 2.62 bits per heavy atom. The fraction of sp³-hybridized carbons (Fsp3) is 0.409. The zero-order valence-electron chi connectivity index (χ0n) is 18.7. The van der Waals surface area contributed by atoms with Gasteiger partial charge in [0.15, 0.2) is 0 Å². The lowest BCUT2D eigenvalue weighted by molar-refractivity contribution is -0.134. The molecule has 1 aliphatic heterocycles. The first-order valence-corrected chi connectivity index (χ1v) is 12.2. The fourth-order valence-corrected chi connectivity index (χ4v) is 5.56. The Morgan fingerprint density at radius 1 is 1.24 bits per heavy atom. The molecule has 0 spiro atoms. The minimum Gasteiger partial charge on any atom is -0.395 e. The monoisotopic (exact) mass is 493 g/mol. The Balaban J connectivity index is 1.54. The fourth-order valence-electron chi connectivity index (χ4n) is 4.23. The summed E-state index contributed by atoms with van der Waals surface area (Å²) in [5.74, 6) is -0.987. The van der Waals surface area contributed by atoms with E-state index in [1.165, 1.54) is 18.0 Å². The smallest absolute Gasteiger partial charge is 0.286 e. The number of benzene rings is 1. The van der Waals surface area contributed by atoms with E-state index in [1.54, 1.807) is 0 Å². The highest BCUT2D eigenvalue weighted by molar-refractivity contribution is 7.89. The van der Waals surface area contributed by atoms with Crippen molar-refractivity contribution in [1.29, 1.82) is 0 Å².